The van der Waals surface area contributed by atoms with Gasteiger partial charge in [0.15, 0.2) is 5.76 Å². The summed E-state index contributed by atoms with van der Waals surface area (Å²) in [5.41, 5.74) is 2.11. The molecule has 1 atom stereocenters. The van der Waals surface area contributed by atoms with E-state index in [2.05, 4.69) is 10.1 Å². The molecule has 0 aliphatic carbocycles. The second-order valence-electron chi connectivity index (χ2n) is 4.79. The molecule has 2 heterocycles. The SMILES string of the molecule is COc1ccccc1C1N=CC(=O)N(C)c2c1noc2C. The zero-order valence-electron chi connectivity index (χ0n) is 12.0. The molecule has 6 nitrogen and oxygen atoms in total. The first-order valence-corrected chi connectivity index (χ1v) is 6.53. The van der Waals surface area contributed by atoms with Gasteiger partial charge in [-0.05, 0) is 13.0 Å². The molecule has 0 bridgehead atoms. The van der Waals surface area contributed by atoms with Gasteiger partial charge in [-0.1, -0.05) is 23.4 Å². The lowest BCUT2D eigenvalue weighted by Gasteiger charge is -2.15. The van der Waals surface area contributed by atoms with Crippen molar-refractivity contribution in [2.24, 2.45) is 4.99 Å². The van der Waals surface area contributed by atoms with Gasteiger partial charge in [-0.15, -0.1) is 0 Å². The minimum atomic E-state index is -0.428. The van der Waals surface area contributed by atoms with E-state index < -0.39 is 6.04 Å². The molecule has 0 fully saturated rings. The Kier molecular flexibility index (Phi) is 3.21. The number of anilines is 1. The van der Waals surface area contributed by atoms with Gasteiger partial charge in [-0.3, -0.25) is 9.79 Å². The molecular weight excluding hydrogens is 270 g/mol. The molecule has 1 unspecified atom stereocenters. The summed E-state index contributed by atoms with van der Waals surface area (Å²) < 4.78 is 10.6. The van der Waals surface area contributed by atoms with Crippen LogP contribution in [0.15, 0.2) is 33.8 Å². The van der Waals surface area contributed by atoms with Crippen molar-refractivity contribution in [1.29, 1.82) is 0 Å². The highest BCUT2D eigenvalue weighted by Crippen LogP contribution is 2.39. The minimum absolute atomic E-state index is 0.208. The first-order chi connectivity index (χ1) is 10.1. The largest absolute Gasteiger partial charge is 0.496 e. The van der Waals surface area contributed by atoms with Crippen LogP contribution in [0.25, 0.3) is 0 Å². The summed E-state index contributed by atoms with van der Waals surface area (Å²) in [5, 5.41) is 4.10. The monoisotopic (exact) mass is 285 g/mol. The Labute approximate surface area is 122 Å². The lowest BCUT2D eigenvalue weighted by molar-refractivity contribution is -0.111. The highest BCUT2D eigenvalue weighted by Gasteiger charge is 2.31. The van der Waals surface area contributed by atoms with E-state index in [4.69, 9.17) is 9.26 Å². The molecule has 108 valence electrons. The van der Waals surface area contributed by atoms with Crippen molar-refractivity contribution >= 4 is 17.8 Å². The molecule has 1 aromatic carbocycles. The summed E-state index contributed by atoms with van der Waals surface area (Å²) in [6, 6.07) is 7.12. The Bertz CT molecular complexity index is 721. The van der Waals surface area contributed by atoms with Crippen molar-refractivity contribution in [3.05, 3.63) is 41.3 Å². The van der Waals surface area contributed by atoms with E-state index in [1.165, 1.54) is 11.1 Å². The standard InChI is InChI=1S/C15H15N3O3/c1-9-15-14(17-21-9)13(16-8-12(19)18(15)2)10-6-4-5-7-11(10)20-3/h4-8,13H,1-3H3. The maximum atomic E-state index is 12.0. The van der Waals surface area contributed by atoms with Gasteiger partial charge in [-0.2, -0.15) is 0 Å². The van der Waals surface area contributed by atoms with Gasteiger partial charge in [0.25, 0.3) is 5.91 Å². The maximum Gasteiger partial charge on any atom is 0.268 e. The molecule has 1 aliphatic heterocycles. The van der Waals surface area contributed by atoms with E-state index in [1.807, 2.05) is 24.3 Å². The van der Waals surface area contributed by atoms with E-state index in [1.54, 1.807) is 21.1 Å². The summed E-state index contributed by atoms with van der Waals surface area (Å²) >= 11 is 0. The normalized spacial score (nSPS) is 17.6. The molecule has 0 radical (unpaired) electrons. The number of amides is 1. The Morgan fingerprint density at radius 2 is 2.10 bits per heavy atom. The molecule has 0 N–H and O–H groups in total. The number of aliphatic imine (C=N–C) groups is 1. The first-order valence-electron chi connectivity index (χ1n) is 6.53. The first kappa shape index (κ1) is 13.4. The van der Waals surface area contributed by atoms with E-state index in [0.717, 1.165) is 5.56 Å². The number of methoxy groups -OCH3 is 1. The fourth-order valence-corrected chi connectivity index (χ4v) is 2.50. The van der Waals surface area contributed by atoms with Crippen LogP contribution in [0.2, 0.25) is 0 Å². The zero-order chi connectivity index (χ0) is 15.0. The van der Waals surface area contributed by atoms with Gasteiger partial charge in [0.1, 0.15) is 23.2 Å². The maximum absolute atomic E-state index is 12.0. The molecule has 3 rings (SSSR count). The lowest BCUT2D eigenvalue weighted by atomic mass is 10.0. The number of carbonyl (C=O) groups excluding carboxylic acids is 1. The second kappa shape index (κ2) is 5.05. The third-order valence-electron chi connectivity index (χ3n) is 3.55. The minimum Gasteiger partial charge on any atom is -0.496 e. The molecule has 0 saturated carbocycles. The average molecular weight is 285 g/mol. The molecule has 0 saturated heterocycles. The second-order valence-corrected chi connectivity index (χ2v) is 4.79. The van der Waals surface area contributed by atoms with Crippen LogP contribution in [-0.2, 0) is 4.79 Å². The van der Waals surface area contributed by atoms with Crippen molar-refractivity contribution in [1.82, 2.24) is 5.16 Å². The average Bonchev–Trinajstić information content (AvgIpc) is 2.82. The lowest BCUT2D eigenvalue weighted by Crippen LogP contribution is -2.26. The molecule has 1 amide bonds. The predicted octanol–water partition coefficient (Wildman–Crippen LogP) is 2.13. The summed E-state index contributed by atoms with van der Waals surface area (Å²) in [5.74, 6) is 1.08. The highest BCUT2D eigenvalue weighted by molar-refractivity contribution is 6.33. The number of aromatic nitrogens is 1. The summed E-state index contributed by atoms with van der Waals surface area (Å²) in [7, 11) is 3.29. The van der Waals surface area contributed by atoms with E-state index in [-0.39, 0.29) is 5.91 Å². The van der Waals surface area contributed by atoms with Gasteiger partial charge in [0.05, 0.1) is 13.3 Å². The van der Waals surface area contributed by atoms with E-state index in [9.17, 15) is 4.79 Å². The Balaban J connectivity index is 2.21. The van der Waals surface area contributed by atoms with Gasteiger partial charge in [0, 0.05) is 12.6 Å². The number of hydrogen-bond donors (Lipinski definition) is 0. The Morgan fingerprint density at radius 1 is 1.33 bits per heavy atom. The number of hydrogen-bond acceptors (Lipinski definition) is 5. The quantitative estimate of drug-likeness (QED) is 0.847. The van der Waals surface area contributed by atoms with Crippen molar-refractivity contribution in [2.75, 3.05) is 19.1 Å². The van der Waals surface area contributed by atoms with Gasteiger partial charge in [0.2, 0.25) is 0 Å². The number of nitrogens with zero attached hydrogens (tertiary/aromatic N) is 3. The number of benzene rings is 1. The van der Waals surface area contributed by atoms with Crippen molar-refractivity contribution < 1.29 is 14.1 Å². The third kappa shape index (κ3) is 2.08. The van der Waals surface area contributed by atoms with Crippen LogP contribution in [0.3, 0.4) is 0 Å². The van der Waals surface area contributed by atoms with E-state index >= 15 is 0 Å². The van der Waals surface area contributed by atoms with E-state index in [0.29, 0.717) is 22.9 Å². The van der Waals surface area contributed by atoms with Gasteiger partial charge in [-0.25, -0.2) is 0 Å². The number of para-hydroxylation sites is 1. The highest BCUT2D eigenvalue weighted by atomic mass is 16.5. The topological polar surface area (TPSA) is 67.9 Å². The van der Waals surface area contributed by atoms with Crippen LogP contribution < -0.4 is 9.64 Å². The van der Waals surface area contributed by atoms with Crippen LogP contribution in [0.1, 0.15) is 23.1 Å². The summed E-state index contributed by atoms with van der Waals surface area (Å²) in [6.45, 7) is 1.78. The summed E-state index contributed by atoms with van der Waals surface area (Å²) in [4.78, 5) is 17.9. The Morgan fingerprint density at radius 3 is 2.86 bits per heavy atom. The molecule has 1 aromatic heterocycles. The van der Waals surface area contributed by atoms with Crippen LogP contribution >= 0.6 is 0 Å². The molecule has 2 aromatic rings. The fraction of sp³-hybridized carbons (Fsp3) is 0.267. The molecule has 6 heteroatoms. The molecule has 21 heavy (non-hydrogen) atoms. The number of carbonyl (C=O) groups is 1. The van der Waals surface area contributed by atoms with Gasteiger partial charge >= 0.3 is 0 Å². The fourth-order valence-electron chi connectivity index (χ4n) is 2.50. The van der Waals surface area contributed by atoms with Crippen molar-refractivity contribution in [2.45, 2.75) is 13.0 Å². The Hall–Kier alpha value is -2.63. The number of aryl methyl sites for hydroxylation is 1. The zero-order valence-corrected chi connectivity index (χ0v) is 12.0. The predicted molar refractivity (Wildman–Crippen MR) is 78.0 cm³/mol. The third-order valence-corrected chi connectivity index (χ3v) is 3.55. The number of rotatable bonds is 2. The van der Waals surface area contributed by atoms with Crippen LogP contribution in [-0.4, -0.2) is 31.4 Å². The van der Waals surface area contributed by atoms with Crippen LogP contribution in [0.4, 0.5) is 5.69 Å². The van der Waals surface area contributed by atoms with Crippen molar-refractivity contribution in [3.63, 3.8) is 0 Å². The molecule has 1 aliphatic rings. The van der Waals surface area contributed by atoms with Crippen LogP contribution in [0.5, 0.6) is 5.75 Å². The van der Waals surface area contributed by atoms with Crippen LogP contribution in [0, 0.1) is 6.92 Å². The number of fused-ring (bicyclic) bond motifs is 1. The number of ether oxygens (including phenoxy) is 1. The molecule has 0 spiro atoms. The van der Waals surface area contributed by atoms with Gasteiger partial charge < -0.3 is 14.2 Å². The summed E-state index contributed by atoms with van der Waals surface area (Å²) in [6.07, 6.45) is 1.32. The smallest absolute Gasteiger partial charge is 0.268 e. The van der Waals surface area contributed by atoms with Crippen molar-refractivity contribution in [3.8, 4) is 5.75 Å². The molecular formula is C15H15N3O3.